The predicted octanol–water partition coefficient (Wildman–Crippen LogP) is 1.96. The number of unbranched alkanes of at least 4 members (excludes halogenated alkanes) is 1. The molecule has 0 N–H and O–H groups in total. The van der Waals surface area contributed by atoms with Gasteiger partial charge in [-0.25, -0.2) is 0 Å². The summed E-state index contributed by atoms with van der Waals surface area (Å²) in [4.78, 5) is 2.29. The lowest BCUT2D eigenvalue weighted by molar-refractivity contribution is 0.105. The smallest absolute Gasteiger partial charge is 0.0592 e. The second kappa shape index (κ2) is 7.56. The highest BCUT2D eigenvalue weighted by atomic mass is 16.5. The molecule has 0 rings (SSSR count). The van der Waals surface area contributed by atoms with Crippen LogP contribution in [0, 0.1) is 6.42 Å². The van der Waals surface area contributed by atoms with Gasteiger partial charge in [0.05, 0.1) is 6.61 Å². The van der Waals surface area contributed by atoms with Crippen molar-refractivity contribution in [3.63, 3.8) is 0 Å². The molecule has 0 fully saturated rings. The first-order valence-electron chi connectivity index (χ1n) is 4.74. The van der Waals surface area contributed by atoms with Crippen LogP contribution >= 0.6 is 0 Å². The van der Waals surface area contributed by atoms with E-state index in [2.05, 4.69) is 39.1 Å². The van der Waals surface area contributed by atoms with Gasteiger partial charge in [0.1, 0.15) is 0 Å². The molecule has 74 valence electrons. The Balaban J connectivity index is 3.08. The lowest BCUT2D eigenvalue weighted by Crippen LogP contribution is -2.29. The van der Waals surface area contributed by atoms with E-state index in [1.807, 2.05) is 0 Å². The number of hydrogen-bond donors (Lipinski definition) is 0. The molecule has 0 aliphatic carbocycles. The minimum Gasteiger partial charge on any atom is -0.383 e. The van der Waals surface area contributed by atoms with E-state index in [1.165, 1.54) is 0 Å². The second-order valence-corrected chi connectivity index (χ2v) is 3.38. The fraction of sp³-hybridized carbons (Fsp3) is 0.900. The van der Waals surface area contributed by atoms with Crippen LogP contribution in [0.15, 0.2) is 0 Å². The van der Waals surface area contributed by atoms with E-state index in [1.54, 1.807) is 0 Å². The van der Waals surface area contributed by atoms with Crippen LogP contribution in [0.1, 0.15) is 27.2 Å². The minimum absolute atomic E-state index is 0.617. The van der Waals surface area contributed by atoms with Crippen LogP contribution in [-0.2, 0) is 4.74 Å². The first-order valence-corrected chi connectivity index (χ1v) is 4.74. The standard InChI is InChI=1S/C10H22NO/c1-5-6-8-12-9-7-11(4)10(2)3/h5,10H,6-9H2,1-4H3/q-1. The third kappa shape index (κ3) is 6.62. The van der Waals surface area contributed by atoms with Crippen LogP contribution in [0.25, 0.3) is 0 Å². The molecule has 2 heteroatoms. The molecule has 0 spiro atoms. The summed E-state index contributed by atoms with van der Waals surface area (Å²) < 4.78 is 5.42. The molecule has 0 aromatic carbocycles. The maximum Gasteiger partial charge on any atom is 0.0592 e. The molecule has 0 radical (unpaired) electrons. The van der Waals surface area contributed by atoms with Gasteiger partial charge in [-0.05, 0) is 20.9 Å². The molecule has 0 aromatic heterocycles. The van der Waals surface area contributed by atoms with Gasteiger partial charge in [0.15, 0.2) is 0 Å². The quantitative estimate of drug-likeness (QED) is 0.430. The molecule has 0 aromatic rings. The third-order valence-electron chi connectivity index (χ3n) is 2.02. The number of rotatable bonds is 7. The summed E-state index contributed by atoms with van der Waals surface area (Å²) in [5, 5.41) is 0. The second-order valence-electron chi connectivity index (χ2n) is 3.38. The van der Waals surface area contributed by atoms with Gasteiger partial charge in [-0.3, -0.25) is 0 Å². The number of hydrogen-bond acceptors (Lipinski definition) is 2. The van der Waals surface area contributed by atoms with Crippen molar-refractivity contribution >= 4 is 0 Å². The maximum atomic E-state index is 5.42. The van der Waals surface area contributed by atoms with Crippen molar-refractivity contribution in [3.05, 3.63) is 6.42 Å². The van der Waals surface area contributed by atoms with Crippen LogP contribution < -0.4 is 0 Å². The van der Waals surface area contributed by atoms with Crippen molar-refractivity contribution in [3.8, 4) is 0 Å². The first kappa shape index (κ1) is 11.9. The normalized spacial score (nSPS) is 11.5. The number of ether oxygens (including phenoxy) is 1. The molecule has 0 bridgehead atoms. The van der Waals surface area contributed by atoms with Crippen molar-refractivity contribution in [2.24, 2.45) is 0 Å². The van der Waals surface area contributed by atoms with E-state index < -0.39 is 0 Å². The summed E-state index contributed by atoms with van der Waals surface area (Å²) in [7, 11) is 2.12. The topological polar surface area (TPSA) is 12.5 Å². The van der Waals surface area contributed by atoms with Gasteiger partial charge in [-0.15, -0.1) is 0 Å². The fourth-order valence-electron chi connectivity index (χ4n) is 0.770. The lowest BCUT2D eigenvalue weighted by Gasteiger charge is -2.20. The molecular weight excluding hydrogens is 150 g/mol. The van der Waals surface area contributed by atoms with Gasteiger partial charge in [0, 0.05) is 19.2 Å². The van der Waals surface area contributed by atoms with E-state index in [0.717, 1.165) is 26.2 Å². The van der Waals surface area contributed by atoms with Crippen molar-refractivity contribution < 1.29 is 4.74 Å². The SMILES string of the molecule is C[CH-]CCOCCN(C)C(C)C. The molecule has 0 atom stereocenters. The van der Waals surface area contributed by atoms with E-state index in [9.17, 15) is 0 Å². The Morgan fingerprint density at radius 2 is 2.00 bits per heavy atom. The predicted molar refractivity (Wildman–Crippen MR) is 53.2 cm³/mol. The fourth-order valence-corrected chi connectivity index (χ4v) is 0.770. The molecule has 2 nitrogen and oxygen atoms in total. The lowest BCUT2D eigenvalue weighted by atomic mass is 10.3. The number of nitrogens with zero attached hydrogens (tertiary/aromatic N) is 1. The van der Waals surface area contributed by atoms with E-state index in [0.29, 0.717) is 6.04 Å². The average molecular weight is 172 g/mol. The van der Waals surface area contributed by atoms with E-state index >= 15 is 0 Å². The van der Waals surface area contributed by atoms with Gasteiger partial charge < -0.3 is 16.1 Å². The molecule has 0 amide bonds. The molecule has 0 aliphatic rings. The van der Waals surface area contributed by atoms with E-state index in [-0.39, 0.29) is 0 Å². The minimum atomic E-state index is 0.617. The highest BCUT2D eigenvalue weighted by Gasteiger charge is 2.00. The first-order chi connectivity index (χ1) is 5.68. The monoisotopic (exact) mass is 172 g/mol. The Morgan fingerprint density at radius 3 is 2.50 bits per heavy atom. The molecule has 12 heavy (non-hydrogen) atoms. The van der Waals surface area contributed by atoms with Gasteiger partial charge in [-0.1, -0.05) is 0 Å². The molecule has 0 saturated heterocycles. The molecular formula is C10H22NO-. The summed E-state index contributed by atoms with van der Waals surface area (Å²) in [5.74, 6) is 0. The van der Waals surface area contributed by atoms with Crippen LogP contribution in [0.2, 0.25) is 0 Å². The Hall–Kier alpha value is -0.0800. The van der Waals surface area contributed by atoms with Crippen molar-refractivity contribution in [1.82, 2.24) is 4.90 Å². The van der Waals surface area contributed by atoms with Crippen LogP contribution in [0.3, 0.4) is 0 Å². The summed E-state index contributed by atoms with van der Waals surface area (Å²) in [6, 6.07) is 0.617. The van der Waals surface area contributed by atoms with E-state index in [4.69, 9.17) is 4.74 Å². The average Bonchev–Trinajstić information content (AvgIpc) is 2.03. The molecule has 0 saturated carbocycles. The summed E-state index contributed by atoms with van der Waals surface area (Å²) in [5.41, 5.74) is 0. The summed E-state index contributed by atoms with van der Waals surface area (Å²) >= 11 is 0. The summed E-state index contributed by atoms with van der Waals surface area (Å²) in [6.45, 7) is 9.19. The zero-order valence-electron chi connectivity index (χ0n) is 8.84. The van der Waals surface area contributed by atoms with Gasteiger partial charge in [-0.2, -0.15) is 13.3 Å². The molecule has 0 aliphatic heterocycles. The van der Waals surface area contributed by atoms with Crippen LogP contribution in [-0.4, -0.2) is 37.7 Å². The molecule has 0 heterocycles. The highest BCUT2D eigenvalue weighted by molar-refractivity contribution is 4.56. The zero-order chi connectivity index (χ0) is 9.40. The Bertz CT molecular complexity index is 93.8. The van der Waals surface area contributed by atoms with Crippen LogP contribution in [0.4, 0.5) is 0 Å². The van der Waals surface area contributed by atoms with Gasteiger partial charge in [0.25, 0.3) is 0 Å². The maximum absolute atomic E-state index is 5.42. The summed E-state index contributed by atoms with van der Waals surface area (Å²) in [6.07, 6.45) is 3.19. The van der Waals surface area contributed by atoms with Crippen molar-refractivity contribution in [2.75, 3.05) is 26.8 Å². The Labute approximate surface area is 76.9 Å². The molecule has 0 unspecified atom stereocenters. The third-order valence-corrected chi connectivity index (χ3v) is 2.02. The number of likely N-dealkylation sites (N-methyl/N-ethyl adjacent to an activating group) is 1. The van der Waals surface area contributed by atoms with Gasteiger partial charge >= 0.3 is 0 Å². The van der Waals surface area contributed by atoms with Crippen molar-refractivity contribution in [2.45, 2.75) is 33.2 Å². The van der Waals surface area contributed by atoms with Gasteiger partial charge in [0.2, 0.25) is 0 Å². The zero-order valence-corrected chi connectivity index (χ0v) is 8.84. The van der Waals surface area contributed by atoms with Crippen molar-refractivity contribution in [1.29, 1.82) is 0 Å². The Morgan fingerprint density at radius 1 is 1.33 bits per heavy atom. The highest BCUT2D eigenvalue weighted by Crippen LogP contribution is 1.93. The Kier molecular flexibility index (Phi) is 7.51. The largest absolute Gasteiger partial charge is 0.383 e. The van der Waals surface area contributed by atoms with Crippen LogP contribution in [0.5, 0.6) is 0 Å².